The Labute approximate surface area is 144 Å². The quantitative estimate of drug-likeness (QED) is 0.576. The van der Waals surface area contributed by atoms with E-state index in [1.165, 1.54) is 0 Å². The fourth-order valence-electron chi connectivity index (χ4n) is 2.14. The minimum absolute atomic E-state index is 0.0183. The number of aliphatic hydroxyl groups is 2. The van der Waals surface area contributed by atoms with E-state index >= 15 is 0 Å². The van der Waals surface area contributed by atoms with Gasteiger partial charge in [-0.1, -0.05) is 30.3 Å². The topological polar surface area (TPSA) is 90.8 Å². The lowest BCUT2D eigenvalue weighted by Gasteiger charge is -2.27. The predicted molar refractivity (Wildman–Crippen MR) is 93.9 cm³/mol. The van der Waals surface area contributed by atoms with Crippen LogP contribution >= 0.6 is 0 Å². The molecule has 6 heteroatoms. The molecule has 0 aromatic heterocycles. The first-order chi connectivity index (χ1) is 11.2. The van der Waals surface area contributed by atoms with Gasteiger partial charge < -0.3 is 25.6 Å². The number of hydrogen-bond donors (Lipinski definition) is 4. The highest BCUT2D eigenvalue weighted by molar-refractivity contribution is 5.68. The number of hydrogen-bond acceptors (Lipinski definition) is 5. The molecule has 1 aromatic carbocycles. The molecule has 4 N–H and O–H groups in total. The summed E-state index contributed by atoms with van der Waals surface area (Å²) in [7, 11) is 0. The molecule has 136 valence electrons. The third-order valence-corrected chi connectivity index (χ3v) is 3.41. The average Bonchev–Trinajstić information content (AvgIpc) is 2.50. The van der Waals surface area contributed by atoms with Crippen LogP contribution in [-0.2, 0) is 11.2 Å². The van der Waals surface area contributed by atoms with Crippen LogP contribution in [0.15, 0.2) is 30.3 Å². The van der Waals surface area contributed by atoms with Gasteiger partial charge in [0.15, 0.2) is 0 Å². The lowest BCUT2D eigenvalue weighted by atomic mass is 10.0. The number of alkyl carbamates (subject to hydrolysis) is 1. The largest absolute Gasteiger partial charge is 0.444 e. The maximum atomic E-state index is 12.1. The first-order valence-electron chi connectivity index (χ1n) is 8.27. The zero-order valence-electron chi connectivity index (χ0n) is 15.0. The lowest BCUT2D eigenvalue weighted by molar-refractivity contribution is 0.0418. The summed E-state index contributed by atoms with van der Waals surface area (Å²) in [6, 6.07) is 9.01. The normalized spacial score (nSPS) is 15.4. The Balaban J connectivity index is 2.72. The SMILES string of the molecule is C[C@@H](CO)NC[C@@H](O)[C@H](Cc1ccccc1)NC(=O)OC(C)(C)C. The minimum Gasteiger partial charge on any atom is -0.444 e. The number of carbonyl (C=O) groups is 1. The molecule has 0 heterocycles. The molecule has 1 amide bonds. The summed E-state index contributed by atoms with van der Waals surface area (Å²) in [5.41, 5.74) is 0.406. The van der Waals surface area contributed by atoms with Gasteiger partial charge in [0.1, 0.15) is 5.60 Å². The molecule has 0 radical (unpaired) electrons. The van der Waals surface area contributed by atoms with E-state index in [2.05, 4.69) is 10.6 Å². The first kappa shape index (κ1) is 20.4. The van der Waals surface area contributed by atoms with Crippen molar-refractivity contribution in [2.75, 3.05) is 13.2 Å². The van der Waals surface area contributed by atoms with E-state index in [-0.39, 0.29) is 19.2 Å². The Morgan fingerprint density at radius 2 is 1.88 bits per heavy atom. The fourth-order valence-corrected chi connectivity index (χ4v) is 2.14. The summed E-state index contributed by atoms with van der Waals surface area (Å²) < 4.78 is 5.28. The maximum absolute atomic E-state index is 12.1. The highest BCUT2D eigenvalue weighted by Crippen LogP contribution is 2.10. The number of carbonyl (C=O) groups excluding carboxylic acids is 1. The van der Waals surface area contributed by atoms with Gasteiger partial charge in [-0.15, -0.1) is 0 Å². The second-order valence-electron chi connectivity index (χ2n) is 7.00. The van der Waals surface area contributed by atoms with Gasteiger partial charge in [-0.25, -0.2) is 4.79 Å². The molecule has 3 atom stereocenters. The van der Waals surface area contributed by atoms with Crippen LogP contribution in [0.3, 0.4) is 0 Å². The van der Waals surface area contributed by atoms with Gasteiger partial charge in [-0.3, -0.25) is 0 Å². The number of amides is 1. The van der Waals surface area contributed by atoms with Crippen LogP contribution in [0, 0.1) is 0 Å². The van der Waals surface area contributed by atoms with Crippen molar-refractivity contribution in [3.05, 3.63) is 35.9 Å². The standard InChI is InChI=1S/C18H30N2O4/c1-13(12-21)19-11-16(22)15(10-14-8-6-5-7-9-14)20-17(23)24-18(2,3)4/h5-9,13,15-16,19,21-22H,10-12H2,1-4H3,(H,20,23)/t13-,15-,16+/m0/s1. The molecule has 0 saturated heterocycles. The molecular formula is C18H30N2O4. The molecule has 0 saturated carbocycles. The Morgan fingerprint density at radius 3 is 2.42 bits per heavy atom. The number of aliphatic hydroxyl groups excluding tert-OH is 2. The van der Waals surface area contributed by atoms with Crippen molar-refractivity contribution in [1.82, 2.24) is 10.6 Å². The van der Waals surface area contributed by atoms with E-state index in [1.807, 2.05) is 37.3 Å². The van der Waals surface area contributed by atoms with Crippen LogP contribution in [0.4, 0.5) is 4.79 Å². The van der Waals surface area contributed by atoms with Crippen molar-refractivity contribution >= 4 is 6.09 Å². The summed E-state index contributed by atoms with van der Waals surface area (Å²) in [5, 5.41) is 25.3. The van der Waals surface area contributed by atoms with Crippen molar-refractivity contribution < 1.29 is 19.7 Å². The van der Waals surface area contributed by atoms with E-state index in [9.17, 15) is 9.90 Å². The molecule has 0 fully saturated rings. The van der Waals surface area contributed by atoms with Crippen molar-refractivity contribution in [2.45, 2.75) is 57.9 Å². The molecule has 6 nitrogen and oxygen atoms in total. The van der Waals surface area contributed by atoms with E-state index in [1.54, 1.807) is 20.8 Å². The van der Waals surface area contributed by atoms with Crippen LogP contribution < -0.4 is 10.6 Å². The smallest absolute Gasteiger partial charge is 0.407 e. The monoisotopic (exact) mass is 338 g/mol. The second kappa shape index (κ2) is 9.61. The van der Waals surface area contributed by atoms with Crippen molar-refractivity contribution in [1.29, 1.82) is 0 Å². The molecule has 0 unspecified atom stereocenters. The van der Waals surface area contributed by atoms with Gasteiger partial charge in [-0.2, -0.15) is 0 Å². The van der Waals surface area contributed by atoms with E-state index < -0.39 is 23.8 Å². The first-order valence-corrected chi connectivity index (χ1v) is 8.27. The summed E-state index contributed by atoms with van der Waals surface area (Å²) in [5.74, 6) is 0. The van der Waals surface area contributed by atoms with Gasteiger partial charge in [0.2, 0.25) is 0 Å². The van der Waals surface area contributed by atoms with Crippen LogP contribution in [0.25, 0.3) is 0 Å². The lowest BCUT2D eigenvalue weighted by Crippen LogP contribution is -2.51. The Morgan fingerprint density at radius 1 is 1.25 bits per heavy atom. The van der Waals surface area contributed by atoms with Crippen LogP contribution in [-0.4, -0.2) is 53.2 Å². The van der Waals surface area contributed by atoms with Crippen LogP contribution in [0.2, 0.25) is 0 Å². The number of benzene rings is 1. The molecule has 0 aliphatic carbocycles. The van der Waals surface area contributed by atoms with Crippen molar-refractivity contribution in [3.8, 4) is 0 Å². The Hall–Kier alpha value is -1.63. The molecule has 0 spiro atoms. The zero-order valence-corrected chi connectivity index (χ0v) is 15.0. The van der Waals surface area contributed by atoms with Gasteiger partial charge in [0.05, 0.1) is 18.8 Å². The number of ether oxygens (including phenoxy) is 1. The molecule has 24 heavy (non-hydrogen) atoms. The molecule has 1 rings (SSSR count). The average molecular weight is 338 g/mol. The van der Waals surface area contributed by atoms with Crippen LogP contribution in [0.1, 0.15) is 33.3 Å². The van der Waals surface area contributed by atoms with Gasteiger partial charge in [-0.05, 0) is 39.7 Å². The van der Waals surface area contributed by atoms with Gasteiger partial charge >= 0.3 is 6.09 Å². The van der Waals surface area contributed by atoms with Gasteiger partial charge in [0.25, 0.3) is 0 Å². The highest BCUT2D eigenvalue weighted by atomic mass is 16.6. The fraction of sp³-hybridized carbons (Fsp3) is 0.611. The highest BCUT2D eigenvalue weighted by Gasteiger charge is 2.25. The molecule has 0 aliphatic heterocycles. The number of rotatable bonds is 8. The van der Waals surface area contributed by atoms with E-state index in [4.69, 9.17) is 9.84 Å². The third-order valence-electron chi connectivity index (χ3n) is 3.41. The second-order valence-corrected chi connectivity index (χ2v) is 7.00. The van der Waals surface area contributed by atoms with E-state index in [0.29, 0.717) is 6.42 Å². The molecule has 0 aliphatic rings. The molecule has 1 aromatic rings. The summed E-state index contributed by atoms with van der Waals surface area (Å²) in [6.45, 7) is 7.43. The Kier molecular flexibility index (Phi) is 8.18. The van der Waals surface area contributed by atoms with Crippen molar-refractivity contribution in [2.24, 2.45) is 0 Å². The van der Waals surface area contributed by atoms with Crippen LogP contribution in [0.5, 0.6) is 0 Å². The number of nitrogens with one attached hydrogen (secondary N) is 2. The molecule has 0 bridgehead atoms. The van der Waals surface area contributed by atoms with E-state index in [0.717, 1.165) is 5.56 Å². The Bertz CT molecular complexity index is 488. The minimum atomic E-state index is -0.813. The summed E-state index contributed by atoms with van der Waals surface area (Å²) in [4.78, 5) is 12.1. The maximum Gasteiger partial charge on any atom is 0.407 e. The summed E-state index contributed by atoms with van der Waals surface area (Å²) in [6.07, 6.45) is -0.888. The zero-order chi connectivity index (χ0) is 18.2. The third kappa shape index (κ3) is 8.29. The van der Waals surface area contributed by atoms with Gasteiger partial charge in [0, 0.05) is 12.6 Å². The van der Waals surface area contributed by atoms with Crippen molar-refractivity contribution in [3.63, 3.8) is 0 Å². The molecular weight excluding hydrogens is 308 g/mol. The summed E-state index contributed by atoms with van der Waals surface area (Å²) >= 11 is 0. The predicted octanol–water partition coefficient (Wildman–Crippen LogP) is 1.45.